The van der Waals surface area contributed by atoms with Gasteiger partial charge in [0.15, 0.2) is 0 Å². The Kier molecular flexibility index (Phi) is 20.9. The molecule has 4 aromatic rings. The van der Waals surface area contributed by atoms with Gasteiger partial charge in [-0.15, -0.1) is 41.3 Å². The predicted molar refractivity (Wildman–Crippen MR) is 197 cm³/mol. The monoisotopic (exact) mass is 1030 g/mol. The van der Waals surface area contributed by atoms with Gasteiger partial charge in [0.25, 0.3) is 0 Å². The topological polar surface area (TPSA) is 89.3 Å². The number of benzene rings is 2. The molecule has 0 bridgehead atoms. The Labute approximate surface area is 344 Å². The van der Waals surface area contributed by atoms with Crippen LogP contribution in [0.5, 0.6) is 23.0 Å². The predicted octanol–water partition coefficient (Wildman–Crippen LogP) is 7.64. The van der Waals surface area contributed by atoms with Gasteiger partial charge in [-0.2, -0.15) is 0 Å². The molecule has 0 saturated carbocycles. The quantitative estimate of drug-likeness (QED) is 0.0797. The molecule has 0 radical (unpaired) electrons. The van der Waals surface area contributed by atoms with Gasteiger partial charge < -0.3 is 116 Å². The van der Waals surface area contributed by atoms with E-state index in [4.69, 9.17) is 84.4 Å². The van der Waals surface area contributed by atoms with Crippen LogP contribution < -0.4 is 19.7 Å². The summed E-state index contributed by atoms with van der Waals surface area (Å²) < 4.78 is 15.0. The van der Waals surface area contributed by atoms with Gasteiger partial charge in [-0.25, -0.2) is 0 Å². The molecule has 250 valence electrons. The Morgan fingerprint density at radius 2 is 0.935 bits per heavy atom. The fraction of sp³-hybridized carbons (Fsp3) is 0.286. The molecule has 0 aliphatic rings. The van der Waals surface area contributed by atoms with E-state index in [1.807, 2.05) is 27.7 Å². The summed E-state index contributed by atoms with van der Waals surface area (Å²) in [5.41, 5.74) is -0.384. The summed E-state index contributed by atoms with van der Waals surface area (Å²) in [5.74, 6) is 0.928. The van der Waals surface area contributed by atoms with Gasteiger partial charge in [0.2, 0.25) is 0 Å². The van der Waals surface area contributed by atoms with Crippen LogP contribution in [0.15, 0.2) is 63.2 Å². The van der Waals surface area contributed by atoms with Gasteiger partial charge in [0.1, 0.15) is 11.5 Å². The average molecular weight is 1030 g/mol. The molecule has 0 spiro atoms. The maximum Gasteiger partial charge on any atom is 3.00 e. The van der Waals surface area contributed by atoms with E-state index in [0.717, 1.165) is 23.1 Å². The summed E-state index contributed by atoms with van der Waals surface area (Å²) in [4.78, 5) is 9.21. The van der Waals surface area contributed by atoms with Crippen molar-refractivity contribution < 1.29 is 59.1 Å². The summed E-state index contributed by atoms with van der Waals surface area (Å²) >= 11 is 34.6. The molecular formula is C28H26AuMnN2O4S10. The molecular weight excluding hydrogens is 1000 g/mol. The average Bonchev–Trinajstić information content (AvgIpc) is 3.43. The second-order valence-electron chi connectivity index (χ2n) is 9.50. The molecule has 0 saturated heterocycles. The molecule has 0 aliphatic heterocycles. The van der Waals surface area contributed by atoms with E-state index in [1.165, 1.54) is 57.5 Å². The summed E-state index contributed by atoms with van der Waals surface area (Å²) in [6.07, 6.45) is 3.10. The van der Waals surface area contributed by atoms with Crippen molar-refractivity contribution in [2.24, 2.45) is 9.98 Å². The van der Waals surface area contributed by atoms with Crippen molar-refractivity contribution in [3.63, 3.8) is 0 Å². The number of nitrogens with zero attached hydrogens (tertiary/aromatic N) is 2. The smallest absolute Gasteiger partial charge is 0.872 e. The summed E-state index contributed by atoms with van der Waals surface area (Å²) in [7, 11) is 3.09. The van der Waals surface area contributed by atoms with Crippen LogP contribution in [0.3, 0.4) is 0 Å². The minimum atomic E-state index is -0.638. The maximum atomic E-state index is 12.0. The summed E-state index contributed by atoms with van der Waals surface area (Å²) in [5, 5.41) is 24.1. The zero-order chi connectivity index (χ0) is 33.2. The van der Waals surface area contributed by atoms with Gasteiger partial charge in [-0.05, 0) is 69.4 Å². The Morgan fingerprint density at radius 1 is 0.652 bits per heavy atom. The van der Waals surface area contributed by atoms with Crippen LogP contribution in [0.4, 0.5) is 0 Å². The van der Waals surface area contributed by atoms with Crippen molar-refractivity contribution in [3.8, 4) is 23.0 Å². The zero-order valence-electron chi connectivity index (χ0n) is 24.9. The molecule has 2 aromatic carbocycles. The Bertz CT molecular complexity index is 1560. The summed E-state index contributed by atoms with van der Waals surface area (Å²) in [6.45, 7) is 7.70. The van der Waals surface area contributed by atoms with Crippen molar-refractivity contribution in [2.75, 3.05) is 14.2 Å². The van der Waals surface area contributed by atoms with Crippen LogP contribution in [0.2, 0.25) is 0 Å². The number of hydrogen-bond acceptors (Lipinski definition) is 16. The maximum absolute atomic E-state index is 12.0. The SMILES string of the molecule is COc1ccc([O-])c(C=NC(C)(C)C(C)(C)N=Cc2cc(OC)ccc2[O-])c1.S=c1sc([S-])c([S-])s1.S=c1sc([S-])c([S-])s1.[Au+3].[Mn+3]. The first-order chi connectivity index (χ1) is 20.5. The third-order valence-corrected chi connectivity index (χ3v) is 13.1. The van der Waals surface area contributed by atoms with E-state index in [-0.39, 0.29) is 50.9 Å². The van der Waals surface area contributed by atoms with Crippen LogP contribution in [0.25, 0.3) is 0 Å². The first kappa shape index (κ1) is 45.7. The first-order valence-corrected chi connectivity index (χ1v) is 18.0. The molecule has 18 heteroatoms. The largest absolute Gasteiger partial charge is 3.00 e. The van der Waals surface area contributed by atoms with Crippen LogP contribution in [-0.4, -0.2) is 37.7 Å². The van der Waals surface area contributed by atoms with E-state index in [2.05, 4.69) is 9.98 Å². The van der Waals surface area contributed by atoms with Gasteiger partial charge >= 0.3 is 39.4 Å². The number of methoxy groups -OCH3 is 2. The standard InChI is InChI=1S/C22H28N2O4.2C3H2S5.Au.Mn/c1-21(2,23-13-15-11-17(27-5)7-9-19(15)25)22(3,4)24-14-16-12-18(28-6)8-10-20(16)26;2*4-1-2(5)8-3(6)7-1;;/h7-14,25-26H,1-6H3;2*4-5H;;/q;;;2*+3/p-6. The molecule has 2 heterocycles. The molecule has 4 rings (SSSR count). The van der Waals surface area contributed by atoms with Crippen LogP contribution in [-0.2, 0) is 90.0 Å². The molecule has 2 aromatic heterocycles. The molecule has 0 fully saturated rings. The van der Waals surface area contributed by atoms with Crippen LogP contribution in [0.1, 0.15) is 38.8 Å². The third-order valence-electron chi connectivity index (χ3n) is 6.02. The fourth-order valence-electron chi connectivity index (χ4n) is 2.80. The Hall–Kier alpha value is -0.340. The number of hydrogen-bond donors (Lipinski definition) is 0. The van der Waals surface area contributed by atoms with Crippen molar-refractivity contribution in [2.45, 2.75) is 55.6 Å². The third kappa shape index (κ3) is 14.3. The second-order valence-corrected chi connectivity index (χ2v) is 18.6. The van der Waals surface area contributed by atoms with Gasteiger partial charge in [-0.1, -0.05) is 23.6 Å². The Morgan fingerprint density at radius 3 is 1.15 bits per heavy atom. The number of aliphatic imine (C=N–C) groups is 2. The van der Waals surface area contributed by atoms with Crippen molar-refractivity contribution in [1.29, 1.82) is 0 Å². The molecule has 0 unspecified atom stereocenters. The van der Waals surface area contributed by atoms with E-state index < -0.39 is 11.1 Å². The molecule has 6 nitrogen and oxygen atoms in total. The fourth-order valence-corrected chi connectivity index (χ4v) is 9.34. The Balaban J connectivity index is 0.000000914. The van der Waals surface area contributed by atoms with Gasteiger partial charge in [0, 0.05) is 12.4 Å². The molecule has 0 N–H and O–H groups in total. The van der Waals surface area contributed by atoms with Crippen molar-refractivity contribution in [3.05, 3.63) is 53.8 Å². The minimum absolute atomic E-state index is 0. The van der Waals surface area contributed by atoms with Gasteiger partial charge in [0.05, 0.1) is 25.3 Å². The van der Waals surface area contributed by atoms with Crippen molar-refractivity contribution in [1.82, 2.24) is 0 Å². The van der Waals surface area contributed by atoms with Gasteiger partial charge in [-0.3, -0.25) is 9.98 Å². The minimum Gasteiger partial charge on any atom is -0.872 e. The molecule has 0 aliphatic carbocycles. The number of rotatable bonds is 7. The van der Waals surface area contributed by atoms with E-state index >= 15 is 0 Å². The zero-order valence-corrected chi connectivity index (χ0v) is 36.4. The van der Waals surface area contributed by atoms with Crippen molar-refractivity contribution >= 4 is 133 Å². The number of ether oxygens (including phenoxy) is 2. The van der Waals surface area contributed by atoms with Crippen LogP contribution in [0, 0.1) is 6.28 Å². The molecule has 0 atom stereocenters. The first-order valence-electron chi connectivity index (χ1n) is 12.3. The van der Waals surface area contributed by atoms with Crippen LogP contribution >= 0.6 is 69.8 Å². The normalized spacial score (nSPS) is 11.0. The van der Waals surface area contributed by atoms with E-state index in [0.29, 0.717) is 22.6 Å². The second kappa shape index (κ2) is 21.0. The van der Waals surface area contributed by atoms with E-state index in [1.54, 1.807) is 50.9 Å². The van der Waals surface area contributed by atoms with E-state index in [9.17, 15) is 10.2 Å². The summed E-state index contributed by atoms with van der Waals surface area (Å²) in [6, 6.07) is 9.45. The molecule has 0 amide bonds. The molecule has 46 heavy (non-hydrogen) atoms.